The Bertz CT molecular complexity index is 902. The number of ether oxygens (including phenoxy) is 1. The molecule has 0 aliphatic rings. The second-order valence-corrected chi connectivity index (χ2v) is 6.61. The number of aromatic nitrogens is 2. The van der Waals surface area contributed by atoms with Crippen molar-refractivity contribution in [2.75, 3.05) is 19.0 Å². The van der Waals surface area contributed by atoms with Crippen LogP contribution in [0.5, 0.6) is 5.75 Å². The average molecular weight is 380 g/mol. The van der Waals surface area contributed by atoms with Crippen LogP contribution in [0, 0.1) is 0 Å². The van der Waals surface area contributed by atoms with Crippen LogP contribution >= 0.6 is 0 Å². The molecule has 7 heteroatoms. The Morgan fingerprint density at radius 1 is 1.18 bits per heavy atom. The number of hydrogen-bond acceptors (Lipinski definition) is 6. The van der Waals surface area contributed by atoms with Gasteiger partial charge >= 0.3 is 0 Å². The Morgan fingerprint density at radius 3 is 2.61 bits per heavy atom. The predicted molar refractivity (Wildman–Crippen MR) is 108 cm³/mol. The Hall–Kier alpha value is -3.35. The van der Waals surface area contributed by atoms with Crippen LogP contribution in [0.2, 0.25) is 0 Å². The van der Waals surface area contributed by atoms with Crippen LogP contribution in [0.1, 0.15) is 29.9 Å². The number of benzene rings is 1. The summed E-state index contributed by atoms with van der Waals surface area (Å²) in [4.78, 5) is 20.9. The molecule has 0 radical (unpaired) electrons. The smallest absolute Gasteiger partial charge is 0.252 e. The number of amides is 1. The minimum Gasteiger partial charge on any atom is -0.497 e. The molecule has 1 amide bonds. The first-order valence-corrected chi connectivity index (χ1v) is 9.15. The van der Waals surface area contributed by atoms with E-state index in [0.29, 0.717) is 24.4 Å². The van der Waals surface area contributed by atoms with Gasteiger partial charge in [0.2, 0.25) is 5.89 Å². The lowest BCUT2D eigenvalue weighted by atomic mass is 10.2. The third-order valence-electron chi connectivity index (χ3n) is 4.02. The molecule has 0 saturated heterocycles. The Labute approximate surface area is 164 Å². The van der Waals surface area contributed by atoms with Gasteiger partial charge in [0.15, 0.2) is 0 Å². The van der Waals surface area contributed by atoms with Gasteiger partial charge in [0.1, 0.15) is 17.8 Å². The van der Waals surface area contributed by atoms with E-state index in [1.807, 2.05) is 38.1 Å². The molecule has 2 heterocycles. The number of pyridine rings is 1. The molecule has 0 aliphatic heterocycles. The monoisotopic (exact) mass is 380 g/mol. The van der Waals surface area contributed by atoms with Gasteiger partial charge < -0.3 is 19.8 Å². The summed E-state index contributed by atoms with van der Waals surface area (Å²) in [5.74, 6) is 1.91. The van der Waals surface area contributed by atoms with Crippen molar-refractivity contribution >= 4 is 11.7 Å². The molecule has 2 N–H and O–H groups in total. The predicted octanol–water partition coefficient (Wildman–Crippen LogP) is 3.54. The summed E-state index contributed by atoms with van der Waals surface area (Å²) in [6.45, 7) is 4.53. The zero-order valence-corrected chi connectivity index (χ0v) is 16.2. The molecule has 0 bridgehead atoms. The maximum Gasteiger partial charge on any atom is 0.252 e. The van der Waals surface area contributed by atoms with Gasteiger partial charge in [-0.05, 0) is 50.2 Å². The van der Waals surface area contributed by atoms with Crippen molar-refractivity contribution in [1.82, 2.24) is 15.3 Å². The van der Waals surface area contributed by atoms with Crippen LogP contribution in [-0.4, -0.2) is 35.6 Å². The summed E-state index contributed by atoms with van der Waals surface area (Å²) in [7, 11) is 1.62. The molecule has 146 valence electrons. The molecule has 7 nitrogen and oxygen atoms in total. The molecule has 2 aromatic heterocycles. The highest BCUT2D eigenvalue weighted by atomic mass is 16.5. The van der Waals surface area contributed by atoms with Gasteiger partial charge in [-0.1, -0.05) is 0 Å². The number of nitrogens with zero attached hydrogens (tertiary/aromatic N) is 2. The van der Waals surface area contributed by atoms with Crippen molar-refractivity contribution < 1.29 is 13.9 Å². The van der Waals surface area contributed by atoms with Crippen molar-refractivity contribution in [2.45, 2.75) is 26.3 Å². The second kappa shape index (κ2) is 9.03. The minimum absolute atomic E-state index is 0.164. The first kappa shape index (κ1) is 19.4. The fourth-order valence-electron chi connectivity index (χ4n) is 2.60. The maximum atomic E-state index is 12.2. The third kappa shape index (κ3) is 5.09. The van der Waals surface area contributed by atoms with E-state index in [9.17, 15) is 4.79 Å². The van der Waals surface area contributed by atoms with Crippen LogP contribution in [0.15, 0.2) is 53.3 Å². The number of hydrogen-bond donors (Lipinski definition) is 2. The van der Waals surface area contributed by atoms with E-state index in [0.717, 1.165) is 22.8 Å². The van der Waals surface area contributed by atoms with Crippen molar-refractivity contribution in [3.63, 3.8) is 0 Å². The van der Waals surface area contributed by atoms with Gasteiger partial charge in [-0.25, -0.2) is 9.97 Å². The molecule has 0 saturated carbocycles. The number of rotatable bonds is 8. The van der Waals surface area contributed by atoms with Crippen LogP contribution in [0.25, 0.3) is 11.5 Å². The molecular weight excluding hydrogens is 356 g/mol. The number of anilines is 1. The maximum absolute atomic E-state index is 12.2. The van der Waals surface area contributed by atoms with Crippen molar-refractivity contribution in [2.24, 2.45) is 0 Å². The number of carbonyl (C=O) groups excluding carboxylic acids is 1. The quantitative estimate of drug-likeness (QED) is 0.621. The SMILES string of the molecule is COc1ccc(-c2nc(CCNC(=O)c3ccc(NC(C)C)nc3)co2)cc1. The van der Waals surface area contributed by atoms with E-state index < -0.39 is 0 Å². The van der Waals surface area contributed by atoms with Gasteiger partial charge in [0.25, 0.3) is 5.91 Å². The highest BCUT2D eigenvalue weighted by Gasteiger charge is 2.09. The van der Waals surface area contributed by atoms with Gasteiger partial charge in [-0.15, -0.1) is 0 Å². The molecule has 3 rings (SSSR count). The average Bonchev–Trinajstić information content (AvgIpc) is 3.17. The summed E-state index contributed by atoms with van der Waals surface area (Å²) in [6.07, 6.45) is 3.75. The fraction of sp³-hybridized carbons (Fsp3) is 0.286. The summed E-state index contributed by atoms with van der Waals surface area (Å²) < 4.78 is 10.7. The molecule has 28 heavy (non-hydrogen) atoms. The lowest BCUT2D eigenvalue weighted by molar-refractivity contribution is 0.0953. The number of methoxy groups -OCH3 is 1. The van der Waals surface area contributed by atoms with E-state index in [2.05, 4.69) is 20.6 Å². The van der Waals surface area contributed by atoms with Crippen molar-refractivity contribution in [1.29, 1.82) is 0 Å². The molecule has 0 fully saturated rings. The van der Waals surface area contributed by atoms with E-state index in [4.69, 9.17) is 9.15 Å². The zero-order valence-electron chi connectivity index (χ0n) is 16.2. The van der Waals surface area contributed by atoms with E-state index in [1.54, 1.807) is 31.7 Å². The first-order valence-electron chi connectivity index (χ1n) is 9.15. The zero-order chi connectivity index (χ0) is 19.9. The van der Waals surface area contributed by atoms with Crippen molar-refractivity contribution in [3.05, 3.63) is 60.1 Å². The Morgan fingerprint density at radius 2 is 1.96 bits per heavy atom. The number of carbonyl (C=O) groups is 1. The van der Waals surface area contributed by atoms with Crippen LogP contribution < -0.4 is 15.4 Å². The van der Waals surface area contributed by atoms with Gasteiger partial charge in [-0.2, -0.15) is 0 Å². The standard InChI is InChI=1S/C21H24N4O3/c1-14(2)24-19-9-6-16(12-23-19)20(26)22-11-10-17-13-28-21(25-17)15-4-7-18(27-3)8-5-15/h4-9,12-14H,10-11H2,1-3H3,(H,22,26)(H,23,24). The highest BCUT2D eigenvalue weighted by Crippen LogP contribution is 2.21. The van der Waals surface area contributed by atoms with E-state index in [-0.39, 0.29) is 11.9 Å². The minimum atomic E-state index is -0.164. The summed E-state index contributed by atoms with van der Waals surface area (Å²) >= 11 is 0. The molecule has 1 aromatic carbocycles. The van der Waals surface area contributed by atoms with Gasteiger partial charge in [0, 0.05) is 30.8 Å². The molecule has 0 unspecified atom stereocenters. The van der Waals surface area contributed by atoms with Crippen molar-refractivity contribution in [3.8, 4) is 17.2 Å². The number of oxazole rings is 1. The molecular formula is C21H24N4O3. The molecule has 3 aromatic rings. The molecule has 0 aliphatic carbocycles. The first-order chi connectivity index (χ1) is 13.5. The lowest BCUT2D eigenvalue weighted by Gasteiger charge is -2.09. The van der Waals surface area contributed by atoms with Gasteiger partial charge in [0.05, 0.1) is 18.4 Å². The normalized spacial score (nSPS) is 10.7. The number of nitrogens with one attached hydrogen (secondary N) is 2. The largest absolute Gasteiger partial charge is 0.497 e. The van der Waals surface area contributed by atoms with Crippen LogP contribution in [-0.2, 0) is 6.42 Å². The van der Waals surface area contributed by atoms with E-state index >= 15 is 0 Å². The van der Waals surface area contributed by atoms with Crippen LogP contribution in [0.4, 0.5) is 5.82 Å². The Balaban J connectivity index is 1.50. The lowest BCUT2D eigenvalue weighted by Crippen LogP contribution is -2.26. The molecule has 0 spiro atoms. The molecule has 0 atom stereocenters. The topological polar surface area (TPSA) is 89.3 Å². The highest BCUT2D eigenvalue weighted by molar-refractivity contribution is 5.94. The summed E-state index contributed by atoms with van der Waals surface area (Å²) in [5, 5.41) is 6.06. The Kier molecular flexibility index (Phi) is 6.26. The van der Waals surface area contributed by atoms with Gasteiger partial charge in [-0.3, -0.25) is 4.79 Å². The summed E-state index contributed by atoms with van der Waals surface area (Å²) in [6, 6.07) is 11.3. The fourth-order valence-corrected chi connectivity index (χ4v) is 2.60. The van der Waals surface area contributed by atoms with Crippen LogP contribution in [0.3, 0.4) is 0 Å². The second-order valence-electron chi connectivity index (χ2n) is 6.61. The summed E-state index contributed by atoms with van der Waals surface area (Å²) in [5.41, 5.74) is 2.17. The van der Waals surface area contributed by atoms with E-state index in [1.165, 1.54) is 0 Å². The third-order valence-corrected chi connectivity index (χ3v) is 4.02.